The maximum Gasteiger partial charge on any atom is 0.278 e. The Bertz CT molecular complexity index is 745. The zero-order chi connectivity index (χ0) is 17.5. The van der Waals surface area contributed by atoms with Crippen LogP contribution in [-0.2, 0) is 0 Å². The number of halogens is 1. The molecule has 7 heteroatoms. The lowest BCUT2D eigenvalue weighted by molar-refractivity contribution is -0.716. The first-order chi connectivity index (χ1) is 11.4. The molecule has 0 bridgehead atoms. The fourth-order valence-electron chi connectivity index (χ4n) is 2.81. The zero-order valence-corrected chi connectivity index (χ0v) is 15.5. The van der Waals surface area contributed by atoms with Crippen molar-refractivity contribution in [3.63, 3.8) is 0 Å². The third-order valence-electron chi connectivity index (χ3n) is 4.47. The molecule has 128 valence electrons. The molecular weight excluding hydrogens is 346 g/mol. The maximum atomic E-state index is 10.4. The Kier molecular flexibility index (Phi) is 4.88. The van der Waals surface area contributed by atoms with Gasteiger partial charge in [-0.05, 0) is 37.5 Å². The third kappa shape index (κ3) is 2.83. The van der Waals surface area contributed by atoms with E-state index in [0.717, 1.165) is 33.6 Å². The highest BCUT2D eigenvalue weighted by atomic mass is 35.5. The Hall–Kier alpha value is -1.15. The number of benzene rings is 1. The summed E-state index contributed by atoms with van der Waals surface area (Å²) in [6, 6.07) is 7.44. The van der Waals surface area contributed by atoms with E-state index in [-0.39, 0.29) is 6.61 Å². The molecule has 0 radical (unpaired) electrons. The van der Waals surface area contributed by atoms with Crippen molar-refractivity contribution in [2.75, 3.05) is 27.2 Å². The monoisotopic (exact) mass is 366 g/mol. The predicted octanol–water partition coefficient (Wildman–Crippen LogP) is 2.68. The second-order valence-electron chi connectivity index (χ2n) is 6.01. The lowest BCUT2D eigenvalue weighted by atomic mass is 10.1. The van der Waals surface area contributed by atoms with Crippen LogP contribution in [0.3, 0.4) is 0 Å². The number of likely N-dealkylation sites (N-methyl/N-ethyl adjacent to an activating group) is 2. The molecule has 3 rings (SSSR count). The molecule has 1 aromatic rings. The van der Waals surface area contributed by atoms with Gasteiger partial charge in [-0.25, -0.2) is 4.48 Å². The van der Waals surface area contributed by atoms with Crippen molar-refractivity contribution in [3.8, 4) is 0 Å². The molecule has 2 unspecified atom stereocenters. The van der Waals surface area contributed by atoms with Crippen molar-refractivity contribution >= 4 is 34.2 Å². The number of aliphatic hydroxyl groups is 2. The Balaban J connectivity index is 2.00. The van der Waals surface area contributed by atoms with Gasteiger partial charge in [-0.3, -0.25) is 4.90 Å². The molecule has 2 N–H and O–H groups in total. The molecule has 0 aromatic heterocycles. The molecule has 0 saturated heterocycles. The number of rotatable bonds is 5. The van der Waals surface area contributed by atoms with Crippen molar-refractivity contribution in [2.24, 2.45) is 4.99 Å². The number of fused-ring (bicyclic) bond motifs is 1. The van der Waals surface area contributed by atoms with E-state index < -0.39 is 6.23 Å². The number of quaternary nitrogens is 1. The van der Waals surface area contributed by atoms with Gasteiger partial charge in [0.05, 0.1) is 12.0 Å². The second-order valence-corrected chi connectivity index (χ2v) is 7.49. The minimum absolute atomic E-state index is 0.106. The summed E-state index contributed by atoms with van der Waals surface area (Å²) >= 11 is 7.42. The molecule has 0 saturated carbocycles. The van der Waals surface area contributed by atoms with E-state index in [9.17, 15) is 10.2 Å². The minimum atomic E-state index is -0.665. The molecule has 5 nitrogen and oxygen atoms in total. The quantitative estimate of drug-likeness (QED) is 0.621. The molecule has 2 aliphatic heterocycles. The summed E-state index contributed by atoms with van der Waals surface area (Å²) in [6.07, 6.45) is 1.30. The molecule has 24 heavy (non-hydrogen) atoms. The van der Waals surface area contributed by atoms with E-state index in [2.05, 4.69) is 0 Å². The zero-order valence-electron chi connectivity index (χ0n) is 13.9. The molecule has 1 aromatic carbocycles. The fourth-order valence-corrected chi connectivity index (χ4v) is 4.18. The Morgan fingerprint density at radius 1 is 1.33 bits per heavy atom. The van der Waals surface area contributed by atoms with Crippen molar-refractivity contribution in [3.05, 3.63) is 51.7 Å². The van der Waals surface area contributed by atoms with Crippen LogP contribution >= 0.6 is 23.4 Å². The van der Waals surface area contributed by atoms with Gasteiger partial charge in [-0.1, -0.05) is 30.7 Å². The average Bonchev–Trinajstić information content (AvgIpc) is 3.04. The van der Waals surface area contributed by atoms with E-state index in [4.69, 9.17) is 16.6 Å². The van der Waals surface area contributed by atoms with Crippen LogP contribution in [-0.4, -0.2) is 58.2 Å². The van der Waals surface area contributed by atoms with E-state index in [0.29, 0.717) is 9.51 Å². The number of aliphatic hydroxyl groups excluding tert-OH is 2. The number of hydrogen-bond acceptors (Lipinski definition) is 5. The number of thioether (sulfide) groups is 1. The normalized spacial score (nSPS) is 24.3. The average molecular weight is 367 g/mol. The van der Waals surface area contributed by atoms with Gasteiger partial charge >= 0.3 is 0 Å². The SMILES string of the molecule is CCN(C)C(O)C1=C[N+]2(C)C(=NC(c3ccc(Cl)cc3)=C2CO)S1. The predicted molar refractivity (Wildman–Crippen MR) is 99.1 cm³/mol. The van der Waals surface area contributed by atoms with Crippen molar-refractivity contribution in [1.29, 1.82) is 0 Å². The number of hydrogen-bond donors (Lipinski definition) is 2. The van der Waals surface area contributed by atoms with Crippen molar-refractivity contribution in [1.82, 2.24) is 4.90 Å². The van der Waals surface area contributed by atoms with E-state index >= 15 is 0 Å². The lowest BCUT2D eigenvalue weighted by Crippen LogP contribution is -2.38. The highest BCUT2D eigenvalue weighted by Gasteiger charge is 2.48. The summed E-state index contributed by atoms with van der Waals surface area (Å²) in [4.78, 5) is 7.43. The van der Waals surface area contributed by atoms with E-state index in [1.165, 1.54) is 11.8 Å². The summed E-state index contributed by atoms with van der Waals surface area (Å²) in [5.41, 5.74) is 2.49. The molecule has 2 atom stereocenters. The molecule has 0 fully saturated rings. The first kappa shape index (κ1) is 17.7. The Morgan fingerprint density at radius 3 is 2.58 bits per heavy atom. The molecule has 0 spiro atoms. The number of aliphatic imine (C=N–C) groups is 1. The summed E-state index contributed by atoms with van der Waals surface area (Å²) in [6.45, 7) is 2.63. The molecule has 0 amide bonds. The molecule has 2 heterocycles. The van der Waals surface area contributed by atoms with Crippen LogP contribution in [0.5, 0.6) is 0 Å². The Labute approximate surface area is 151 Å². The van der Waals surface area contributed by atoms with Gasteiger partial charge in [0.25, 0.3) is 5.17 Å². The van der Waals surface area contributed by atoms with Gasteiger partial charge in [-0.2, -0.15) is 4.99 Å². The van der Waals surface area contributed by atoms with Crippen LogP contribution in [0, 0.1) is 0 Å². The van der Waals surface area contributed by atoms with Gasteiger partial charge in [0, 0.05) is 10.6 Å². The van der Waals surface area contributed by atoms with E-state index in [1.807, 2.05) is 56.4 Å². The van der Waals surface area contributed by atoms with Crippen LogP contribution in [0.25, 0.3) is 5.70 Å². The van der Waals surface area contributed by atoms with Crippen molar-refractivity contribution in [2.45, 2.75) is 13.2 Å². The number of nitrogens with zero attached hydrogens (tertiary/aromatic N) is 3. The summed E-state index contributed by atoms with van der Waals surface area (Å²) in [5.74, 6) is 0. The van der Waals surface area contributed by atoms with Gasteiger partial charge in [0.15, 0.2) is 5.70 Å². The van der Waals surface area contributed by atoms with Gasteiger partial charge in [0.2, 0.25) is 0 Å². The third-order valence-corrected chi connectivity index (χ3v) is 5.93. The first-order valence-corrected chi connectivity index (χ1v) is 8.95. The number of amidine groups is 1. The van der Waals surface area contributed by atoms with Crippen LogP contribution in [0.1, 0.15) is 12.5 Å². The van der Waals surface area contributed by atoms with Gasteiger partial charge in [0.1, 0.15) is 24.7 Å². The van der Waals surface area contributed by atoms with Crippen LogP contribution in [0.15, 0.2) is 46.1 Å². The first-order valence-electron chi connectivity index (χ1n) is 7.75. The minimum Gasteiger partial charge on any atom is -0.386 e. The Morgan fingerprint density at radius 2 is 2.00 bits per heavy atom. The molecule has 0 aliphatic carbocycles. The standard InChI is InChI=1S/C17H21ClN3O2S/c1-4-20(2)16(23)14-9-21(3)13(10-22)15(19-17(21)24-14)11-5-7-12(18)8-6-11/h5-9,16,22-23H,4,10H2,1-3H3/q+1. The maximum absolute atomic E-state index is 10.4. The largest absolute Gasteiger partial charge is 0.386 e. The smallest absolute Gasteiger partial charge is 0.278 e. The van der Waals surface area contributed by atoms with Crippen LogP contribution in [0.4, 0.5) is 0 Å². The van der Waals surface area contributed by atoms with Gasteiger partial charge < -0.3 is 10.2 Å². The second kappa shape index (κ2) is 6.63. The topological polar surface area (TPSA) is 56.1 Å². The molecule has 2 aliphatic rings. The fraction of sp³-hybridized carbons (Fsp3) is 0.353. The summed E-state index contributed by atoms with van der Waals surface area (Å²) in [5, 5.41) is 21.9. The highest BCUT2D eigenvalue weighted by molar-refractivity contribution is 8.17. The van der Waals surface area contributed by atoms with Crippen molar-refractivity contribution < 1.29 is 14.7 Å². The highest BCUT2D eigenvalue weighted by Crippen LogP contribution is 2.46. The summed E-state index contributed by atoms with van der Waals surface area (Å²) in [7, 11) is 3.85. The lowest BCUT2D eigenvalue weighted by Gasteiger charge is -2.23. The summed E-state index contributed by atoms with van der Waals surface area (Å²) < 4.78 is 0.309. The van der Waals surface area contributed by atoms with Gasteiger partial charge in [-0.15, -0.1) is 0 Å². The molecular formula is C17H21ClN3O2S+. The van der Waals surface area contributed by atoms with Crippen LogP contribution < -0.4 is 0 Å². The van der Waals surface area contributed by atoms with Crippen LogP contribution in [0.2, 0.25) is 5.02 Å². The van der Waals surface area contributed by atoms with E-state index in [1.54, 1.807) is 0 Å².